The minimum absolute atomic E-state index is 0. The van der Waals surface area contributed by atoms with Crippen LogP contribution >= 0.6 is 35.3 Å². The minimum atomic E-state index is -2.94. The Bertz CT molecular complexity index is 666. The lowest BCUT2D eigenvalue weighted by Gasteiger charge is -2.17. The molecule has 0 aromatic carbocycles. The maximum atomic E-state index is 11.5. The van der Waals surface area contributed by atoms with Crippen LogP contribution in [0, 0.1) is 19.3 Å². The molecule has 0 aliphatic heterocycles. The van der Waals surface area contributed by atoms with Crippen molar-refractivity contribution in [3.63, 3.8) is 0 Å². The summed E-state index contributed by atoms with van der Waals surface area (Å²) in [6.45, 7) is 5.31. The number of halogens is 1. The number of sulfone groups is 1. The van der Waals surface area contributed by atoms with E-state index >= 15 is 0 Å². The van der Waals surface area contributed by atoms with Crippen molar-refractivity contribution in [2.45, 2.75) is 33.2 Å². The van der Waals surface area contributed by atoms with E-state index in [9.17, 15) is 8.42 Å². The Morgan fingerprint density at radius 3 is 2.43 bits per heavy atom. The summed E-state index contributed by atoms with van der Waals surface area (Å²) in [7, 11) is -1.22. The van der Waals surface area contributed by atoms with Crippen LogP contribution in [0.2, 0.25) is 0 Å². The zero-order valence-electron chi connectivity index (χ0n) is 14.0. The van der Waals surface area contributed by atoms with Gasteiger partial charge in [-0.1, -0.05) is 0 Å². The molecule has 1 saturated carbocycles. The van der Waals surface area contributed by atoms with E-state index < -0.39 is 9.84 Å². The molecule has 0 unspecified atom stereocenters. The number of guanidine groups is 1. The van der Waals surface area contributed by atoms with E-state index in [0.29, 0.717) is 19.0 Å². The van der Waals surface area contributed by atoms with Crippen LogP contribution in [0.5, 0.6) is 0 Å². The molecule has 2 rings (SSSR count). The van der Waals surface area contributed by atoms with Gasteiger partial charge in [0.25, 0.3) is 0 Å². The Morgan fingerprint density at radius 2 is 2.00 bits per heavy atom. The van der Waals surface area contributed by atoms with Gasteiger partial charge in [-0.25, -0.2) is 13.4 Å². The van der Waals surface area contributed by atoms with E-state index in [1.165, 1.54) is 11.1 Å². The first-order valence-corrected chi connectivity index (χ1v) is 10.2. The Labute approximate surface area is 159 Å². The third-order valence-electron chi connectivity index (χ3n) is 3.80. The van der Waals surface area contributed by atoms with E-state index in [1.807, 2.05) is 13.8 Å². The summed E-state index contributed by atoms with van der Waals surface area (Å²) in [4.78, 5) is 9.79. The highest BCUT2D eigenvalue weighted by Crippen LogP contribution is 2.45. The number of thiazole rings is 1. The van der Waals surface area contributed by atoms with Gasteiger partial charge in [0.15, 0.2) is 5.96 Å². The average molecular weight is 472 g/mol. The fraction of sp³-hybridized carbons (Fsp3) is 0.714. The molecule has 6 nitrogen and oxygen atoms in total. The molecule has 2 N–H and O–H groups in total. The number of aryl methyl sites for hydroxylation is 2. The second kappa shape index (κ2) is 8.11. The van der Waals surface area contributed by atoms with Gasteiger partial charge in [0.05, 0.1) is 23.0 Å². The van der Waals surface area contributed by atoms with E-state index in [-0.39, 0.29) is 35.1 Å². The molecule has 132 valence electrons. The monoisotopic (exact) mass is 472 g/mol. The molecular weight excluding hydrogens is 447 g/mol. The molecule has 1 aromatic heterocycles. The zero-order chi connectivity index (χ0) is 16.4. The lowest BCUT2D eigenvalue weighted by molar-refractivity contribution is 0.529. The Kier molecular flexibility index (Phi) is 7.27. The summed E-state index contributed by atoms with van der Waals surface area (Å²) < 4.78 is 22.9. The second-order valence-corrected chi connectivity index (χ2v) is 9.52. The first-order valence-electron chi connectivity index (χ1n) is 7.28. The van der Waals surface area contributed by atoms with Crippen molar-refractivity contribution in [1.29, 1.82) is 0 Å². The minimum Gasteiger partial charge on any atom is -0.356 e. The third kappa shape index (κ3) is 6.54. The van der Waals surface area contributed by atoms with Gasteiger partial charge in [-0.2, -0.15) is 0 Å². The SMILES string of the molecule is CN=C(NCc1sc(C)nc1C)NCC1(CS(C)(=O)=O)CC1.I. The fourth-order valence-electron chi connectivity index (χ4n) is 2.50. The molecule has 1 aliphatic rings. The molecule has 1 heterocycles. The van der Waals surface area contributed by atoms with Gasteiger partial charge < -0.3 is 10.6 Å². The van der Waals surface area contributed by atoms with Gasteiger partial charge in [0.2, 0.25) is 0 Å². The second-order valence-electron chi connectivity index (χ2n) is 6.09. The normalized spacial score (nSPS) is 16.6. The predicted octanol–water partition coefficient (Wildman–Crippen LogP) is 1.87. The zero-order valence-corrected chi connectivity index (χ0v) is 17.9. The maximum Gasteiger partial charge on any atom is 0.191 e. The number of aromatic nitrogens is 1. The number of hydrogen-bond acceptors (Lipinski definition) is 5. The third-order valence-corrected chi connectivity index (χ3v) is 6.01. The molecule has 0 radical (unpaired) electrons. The lowest BCUT2D eigenvalue weighted by Crippen LogP contribution is -2.41. The predicted molar refractivity (Wildman–Crippen MR) is 107 cm³/mol. The summed E-state index contributed by atoms with van der Waals surface area (Å²) >= 11 is 1.67. The molecule has 0 atom stereocenters. The van der Waals surface area contributed by atoms with E-state index in [4.69, 9.17) is 0 Å². The molecule has 0 saturated heterocycles. The topological polar surface area (TPSA) is 83.4 Å². The van der Waals surface area contributed by atoms with E-state index in [2.05, 4.69) is 20.6 Å². The van der Waals surface area contributed by atoms with Gasteiger partial charge in [0.1, 0.15) is 9.84 Å². The molecule has 0 bridgehead atoms. The Hall–Kier alpha value is -0.420. The molecular formula is C14H25IN4O2S2. The summed E-state index contributed by atoms with van der Waals surface area (Å²) in [6, 6.07) is 0. The van der Waals surface area contributed by atoms with Crippen molar-refractivity contribution < 1.29 is 8.42 Å². The first-order chi connectivity index (χ1) is 10.2. The van der Waals surface area contributed by atoms with Crippen molar-refractivity contribution in [2.75, 3.05) is 25.6 Å². The van der Waals surface area contributed by atoms with Crippen LogP contribution < -0.4 is 10.6 Å². The van der Waals surface area contributed by atoms with E-state index in [0.717, 1.165) is 23.5 Å². The standard InChI is InChI=1S/C14H24N4O2S2.HI/c1-10-12(21-11(2)18-10)7-16-13(15-3)17-8-14(5-6-14)9-22(4,19)20;/h5-9H2,1-4H3,(H2,15,16,17);1H. The van der Waals surface area contributed by atoms with Crippen molar-refractivity contribution in [2.24, 2.45) is 10.4 Å². The van der Waals surface area contributed by atoms with Crippen LogP contribution in [0.15, 0.2) is 4.99 Å². The number of rotatable bonds is 6. The fourth-order valence-corrected chi connectivity index (χ4v) is 4.88. The van der Waals surface area contributed by atoms with Crippen LogP contribution in [0.3, 0.4) is 0 Å². The summed E-state index contributed by atoms with van der Waals surface area (Å²) in [5, 5.41) is 7.57. The van der Waals surface area contributed by atoms with Gasteiger partial charge in [-0.3, -0.25) is 4.99 Å². The Morgan fingerprint density at radius 1 is 1.35 bits per heavy atom. The lowest BCUT2D eigenvalue weighted by atomic mass is 10.1. The molecule has 1 aliphatic carbocycles. The molecule has 1 fully saturated rings. The molecule has 1 aromatic rings. The first kappa shape index (κ1) is 20.6. The van der Waals surface area contributed by atoms with Crippen molar-refractivity contribution in [3.05, 3.63) is 15.6 Å². The van der Waals surface area contributed by atoms with Gasteiger partial charge in [0, 0.05) is 30.1 Å². The molecule has 9 heteroatoms. The van der Waals surface area contributed by atoms with Gasteiger partial charge in [-0.05, 0) is 26.7 Å². The highest BCUT2D eigenvalue weighted by Gasteiger charge is 2.45. The number of nitrogens with zero attached hydrogens (tertiary/aromatic N) is 2. The highest BCUT2D eigenvalue weighted by molar-refractivity contribution is 14.0. The smallest absolute Gasteiger partial charge is 0.191 e. The van der Waals surface area contributed by atoms with Crippen LogP contribution in [-0.2, 0) is 16.4 Å². The largest absolute Gasteiger partial charge is 0.356 e. The van der Waals surface area contributed by atoms with Crippen LogP contribution in [-0.4, -0.2) is 45.0 Å². The van der Waals surface area contributed by atoms with Crippen molar-refractivity contribution in [1.82, 2.24) is 15.6 Å². The maximum absolute atomic E-state index is 11.5. The number of nitrogens with one attached hydrogen (secondary N) is 2. The van der Waals surface area contributed by atoms with Gasteiger partial charge >= 0.3 is 0 Å². The van der Waals surface area contributed by atoms with Crippen LogP contribution in [0.25, 0.3) is 0 Å². The van der Waals surface area contributed by atoms with E-state index in [1.54, 1.807) is 18.4 Å². The summed E-state index contributed by atoms with van der Waals surface area (Å²) in [5.74, 6) is 0.946. The molecule has 0 spiro atoms. The van der Waals surface area contributed by atoms with Crippen LogP contribution in [0.1, 0.15) is 28.4 Å². The van der Waals surface area contributed by atoms with Crippen molar-refractivity contribution in [3.8, 4) is 0 Å². The van der Waals surface area contributed by atoms with Gasteiger partial charge in [-0.15, -0.1) is 35.3 Å². The number of hydrogen-bond donors (Lipinski definition) is 2. The quantitative estimate of drug-likeness (QED) is 0.375. The molecule has 23 heavy (non-hydrogen) atoms. The molecule has 0 amide bonds. The van der Waals surface area contributed by atoms with Crippen molar-refractivity contribution >= 4 is 51.1 Å². The van der Waals surface area contributed by atoms with Crippen LogP contribution in [0.4, 0.5) is 0 Å². The summed E-state index contributed by atoms with van der Waals surface area (Å²) in [5.41, 5.74) is 0.934. The highest BCUT2D eigenvalue weighted by atomic mass is 127. The Balaban J connectivity index is 0.00000264. The summed E-state index contributed by atoms with van der Waals surface area (Å²) in [6.07, 6.45) is 3.21. The number of aliphatic imine (C=N–C) groups is 1. The average Bonchev–Trinajstić information content (AvgIpc) is 3.06.